The Labute approximate surface area is 183 Å². The highest BCUT2D eigenvalue weighted by molar-refractivity contribution is 6.24. The van der Waals surface area contributed by atoms with Crippen LogP contribution in [-0.2, 0) is 11.2 Å². The van der Waals surface area contributed by atoms with Crippen LogP contribution in [0.4, 0.5) is 5.69 Å². The maximum atomic E-state index is 12.5. The SMILES string of the molecule is CC1(C)Cc2cccc(OCCNC(=O)CN3C(=O)c4cccc([N+](=O)[O-])c4C3=O)c2O1. The van der Waals surface area contributed by atoms with Crippen molar-refractivity contribution in [1.29, 1.82) is 0 Å². The van der Waals surface area contributed by atoms with Gasteiger partial charge in [-0.3, -0.25) is 29.4 Å². The molecule has 3 amide bonds. The van der Waals surface area contributed by atoms with Gasteiger partial charge in [0.1, 0.15) is 24.3 Å². The van der Waals surface area contributed by atoms with Crippen LogP contribution in [0.2, 0.25) is 0 Å². The number of nitro benzene ring substituents is 1. The van der Waals surface area contributed by atoms with Crippen molar-refractivity contribution in [1.82, 2.24) is 10.2 Å². The number of amides is 3. The van der Waals surface area contributed by atoms with Crippen molar-refractivity contribution < 1.29 is 28.8 Å². The molecular formula is C22H21N3O7. The topological polar surface area (TPSA) is 128 Å². The zero-order valence-corrected chi connectivity index (χ0v) is 17.5. The molecule has 2 aliphatic rings. The number of nitrogens with zero attached hydrogens (tertiary/aromatic N) is 2. The lowest BCUT2D eigenvalue weighted by atomic mass is 10.0. The van der Waals surface area contributed by atoms with Gasteiger partial charge in [-0.15, -0.1) is 0 Å². The summed E-state index contributed by atoms with van der Waals surface area (Å²) in [4.78, 5) is 48.4. The first-order chi connectivity index (χ1) is 15.2. The van der Waals surface area contributed by atoms with E-state index in [2.05, 4.69) is 5.32 Å². The van der Waals surface area contributed by atoms with E-state index in [0.717, 1.165) is 18.1 Å². The van der Waals surface area contributed by atoms with Gasteiger partial charge in [0.25, 0.3) is 17.5 Å². The van der Waals surface area contributed by atoms with Crippen molar-refractivity contribution in [3.05, 3.63) is 63.2 Å². The minimum Gasteiger partial charge on any atom is -0.488 e. The number of ether oxygens (including phenoxy) is 2. The Kier molecular flexibility index (Phi) is 5.29. The highest BCUT2D eigenvalue weighted by Gasteiger charge is 2.41. The lowest BCUT2D eigenvalue weighted by Crippen LogP contribution is -2.41. The predicted molar refractivity (Wildman–Crippen MR) is 112 cm³/mol. The second-order valence-electron chi connectivity index (χ2n) is 8.13. The molecule has 0 spiro atoms. The fourth-order valence-electron chi connectivity index (χ4n) is 3.86. The predicted octanol–water partition coefficient (Wildman–Crippen LogP) is 2.10. The Bertz CT molecular complexity index is 1140. The summed E-state index contributed by atoms with van der Waals surface area (Å²) in [5.74, 6) is -0.907. The smallest absolute Gasteiger partial charge is 0.282 e. The third-order valence-electron chi connectivity index (χ3n) is 5.21. The number of rotatable bonds is 7. The summed E-state index contributed by atoms with van der Waals surface area (Å²) < 4.78 is 11.7. The quantitative estimate of drug-likeness (QED) is 0.303. The van der Waals surface area contributed by atoms with E-state index in [-0.39, 0.29) is 29.9 Å². The molecule has 0 aromatic heterocycles. The second kappa shape index (κ2) is 7.95. The Morgan fingerprint density at radius 2 is 1.97 bits per heavy atom. The number of carbonyl (C=O) groups is 3. The normalized spacial score (nSPS) is 15.8. The van der Waals surface area contributed by atoms with Crippen LogP contribution in [0, 0.1) is 10.1 Å². The zero-order valence-electron chi connectivity index (χ0n) is 17.5. The molecule has 0 saturated heterocycles. The number of hydrogen-bond acceptors (Lipinski definition) is 7. The van der Waals surface area contributed by atoms with Gasteiger partial charge in [0.15, 0.2) is 11.5 Å². The molecule has 2 aromatic carbocycles. The van der Waals surface area contributed by atoms with Gasteiger partial charge in [-0.25, -0.2) is 0 Å². The Hall–Kier alpha value is -3.95. The van der Waals surface area contributed by atoms with Crippen LogP contribution < -0.4 is 14.8 Å². The van der Waals surface area contributed by atoms with Crippen LogP contribution >= 0.6 is 0 Å². The summed E-state index contributed by atoms with van der Waals surface area (Å²) in [6.45, 7) is 3.73. The first-order valence-electron chi connectivity index (χ1n) is 10.0. The average Bonchev–Trinajstić information content (AvgIpc) is 3.19. The van der Waals surface area contributed by atoms with Gasteiger partial charge in [0, 0.05) is 18.1 Å². The number of para-hydroxylation sites is 1. The molecule has 2 aromatic rings. The maximum absolute atomic E-state index is 12.5. The van der Waals surface area contributed by atoms with Crippen molar-refractivity contribution >= 4 is 23.4 Å². The first kappa shape index (κ1) is 21.3. The molecule has 10 nitrogen and oxygen atoms in total. The number of carbonyl (C=O) groups excluding carboxylic acids is 3. The number of nitrogens with one attached hydrogen (secondary N) is 1. The molecule has 2 aliphatic heterocycles. The summed E-state index contributed by atoms with van der Waals surface area (Å²) in [5, 5.41) is 13.7. The molecule has 4 rings (SSSR count). The molecule has 0 atom stereocenters. The van der Waals surface area contributed by atoms with Crippen molar-refractivity contribution in [2.24, 2.45) is 0 Å². The Morgan fingerprint density at radius 3 is 2.72 bits per heavy atom. The minimum atomic E-state index is -0.858. The molecule has 0 radical (unpaired) electrons. The molecule has 0 fully saturated rings. The fraction of sp³-hybridized carbons (Fsp3) is 0.318. The number of benzene rings is 2. The molecule has 2 heterocycles. The lowest BCUT2D eigenvalue weighted by molar-refractivity contribution is -0.385. The van der Waals surface area contributed by atoms with Crippen molar-refractivity contribution in [2.45, 2.75) is 25.9 Å². The highest BCUT2D eigenvalue weighted by Crippen LogP contribution is 2.41. The molecule has 0 unspecified atom stereocenters. The fourth-order valence-corrected chi connectivity index (χ4v) is 3.86. The minimum absolute atomic E-state index is 0.0822. The molecule has 32 heavy (non-hydrogen) atoms. The molecule has 0 aliphatic carbocycles. The van der Waals surface area contributed by atoms with E-state index in [4.69, 9.17) is 9.47 Å². The summed E-state index contributed by atoms with van der Waals surface area (Å²) >= 11 is 0. The van der Waals surface area contributed by atoms with Gasteiger partial charge in [-0.2, -0.15) is 0 Å². The number of hydrogen-bond donors (Lipinski definition) is 1. The summed E-state index contributed by atoms with van der Waals surface area (Å²) in [6.07, 6.45) is 0.773. The van der Waals surface area contributed by atoms with Crippen LogP contribution in [0.5, 0.6) is 11.5 Å². The van der Waals surface area contributed by atoms with E-state index in [1.165, 1.54) is 12.1 Å². The van der Waals surface area contributed by atoms with E-state index in [0.29, 0.717) is 16.4 Å². The third kappa shape index (κ3) is 3.86. The zero-order chi connectivity index (χ0) is 23.0. The van der Waals surface area contributed by atoms with E-state index in [1.807, 2.05) is 26.0 Å². The van der Waals surface area contributed by atoms with Crippen LogP contribution in [0.3, 0.4) is 0 Å². The monoisotopic (exact) mass is 439 g/mol. The number of imide groups is 1. The van der Waals surface area contributed by atoms with Gasteiger partial charge < -0.3 is 14.8 Å². The van der Waals surface area contributed by atoms with Gasteiger partial charge in [0.2, 0.25) is 5.91 Å². The molecule has 10 heteroatoms. The van der Waals surface area contributed by atoms with E-state index < -0.39 is 34.9 Å². The third-order valence-corrected chi connectivity index (χ3v) is 5.21. The maximum Gasteiger partial charge on any atom is 0.282 e. The second-order valence-corrected chi connectivity index (χ2v) is 8.13. The van der Waals surface area contributed by atoms with Crippen LogP contribution in [0.1, 0.15) is 40.1 Å². The van der Waals surface area contributed by atoms with Gasteiger partial charge in [-0.1, -0.05) is 18.2 Å². The highest BCUT2D eigenvalue weighted by atomic mass is 16.6. The van der Waals surface area contributed by atoms with Crippen LogP contribution in [0.15, 0.2) is 36.4 Å². The summed E-state index contributed by atoms with van der Waals surface area (Å²) in [7, 11) is 0. The molecule has 0 saturated carbocycles. The van der Waals surface area contributed by atoms with E-state index >= 15 is 0 Å². The number of nitro groups is 1. The standard InChI is InChI=1S/C22H21N3O7/c1-22(2)11-13-5-3-8-16(19(13)32-22)31-10-9-23-17(26)12-24-20(27)14-6-4-7-15(25(29)30)18(14)21(24)28/h3-8H,9-12H2,1-2H3,(H,23,26). The molecule has 166 valence electrons. The van der Waals surface area contributed by atoms with Gasteiger partial charge in [-0.05, 0) is 26.0 Å². The van der Waals surface area contributed by atoms with E-state index in [9.17, 15) is 24.5 Å². The summed E-state index contributed by atoms with van der Waals surface area (Å²) in [5.41, 5.74) is -0.0906. The van der Waals surface area contributed by atoms with Crippen LogP contribution in [-0.4, -0.2) is 52.8 Å². The van der Waals surface area contributed by atoms with Crippen molar-refractivity contribution in [2.75, 3.05) is 19.7 Å². The Balaban J connectivity index is 1.32. The largest absolute Gasteiger partial charge is 0.488 e. The van der Waals surface area contributed by atoms with Gasteiger partial charge in [0.05, 0.1) is 17.0 Å². The number of fused-ring (bicyclic) bond motifs is 2. The Morgan fingerprint density at radius 1 is 1.22 bits per heavy atom. The average molecular weight is 439 g/mol. The molecule has 1 N–H and O–H groups in total. The van der Waals surface area contributed by atoms with Crippen LogP contribution in [0.25, 0.3) is 0 Å². The van der Waals surface area contributed by atoms with Crippen molar-refractivity contribution in [3.63, 3.8) is 0 Å². The van der Waals surface area contributed by atoms with E-state index in [1.54, 1.807) is 6.07 Å². The van der Waals surface area contributed by atoms with Gasteiger partial charge >= 0.3 is 0 Å². The first-order valence-corrected chi connectivity index (χ1v) is 10.0. The molecular weight excluding hydrogens is 418 g/mol. The summed E-state index contributed by atoms with van der Waals surface area (Å²) in [6, 6.07) is 9.44. The lowest BCUT2D eigenvalue weighted by Gasteiger charge is -2.18. The molecule has 0 bridgehead atoms. The van der Waals surface area contributed by atoms with Crippen molar-refractivity contribution in [3.8, 4) is 11.5 Å².